The van der Waals surface area contributed by atoms with Crippen molar-refractivity contribution >= 4 is 11.9 Å². The number of rotatable bonds is 1. The van der Waals surface area contributed by atoms with E-state index in [0.717, 1.165) is 12.8 Å². The minimum Gasteiger partial charge on any atom is -0.465 e. The van der Waals surface area contributed by atoms with E-state index >= 15 is 0 Å². The summed E-state index contributed by atoms with van der Waals surface area (Å²) < 4.78 is 0. The molecule has 1 unspecified atom stereocenters. The zero-order chi connectivity index (χ0) is 11.6. The number of ketones is 1. The van der Waals surface area contributed by atoms with Gasteiger partial charge in [-0.1, -0.05) is 20.8 Å². The summed E-state index contributed by atoms with van der Waals surface area (Å²) in [7, 11) is 0. The Labute approximate surface area is 90.3 Å². The summed E-state index contributed by atoms with van der Waals surface area (Å²) in [4.78, 5) is 24.1. The Hall–Kier alpha value is -1.06. The molecule has 86 valence electrons. The first-order valence-corrected chi connectivity index (χ1v) is 5.34. The molecule has 0 saturated carbocycles. The molecule has 0 aromatic rings. The highest BCUT2D eigenvalue weighted by Gasteiger charge is 2.33. The van der Waals surface area contributed by atoms with Crippen molar-refractivity contribution in [1.29, 1.82) is 0 Å². The topological polar surface area (TPSA) is 57.6 Å². The molecule has 0 aliphatic carbocycles. The van der Waals surface area contributed by atoms with Gasteiger partial charge in [0.2, 0.25) is 0 Å². The molecule has 1 atom stereocenters. The predicted octanol–water partition coefficient (Wildman–Crippen LogP) is 1.99. The van der Waals surface area contributed by atoms with E-state index in [1.54, 1.807) is 0 Å². The van der Waals surface area contributed by atoms with E-state index in [1.165, 1.54) is 4.90 Å². The Morgan fingerprint density at radius 1 is 1.33 bits per heavy atom. The number of likely N-dealkylation sites (tertiary alicyclic amines) is 1. The maximum Gasteiger partial charge on any atom is 0.407 e. The van der Waals surface area contributed by atoms with Gasteiger partial charge in [0.1, 0.15) is 5.78 Å². The van der Waals surface area contributed by atoms with Gasteiger partial charge in [-0.2, -0.15) is 0 Å². The van der Waals surface area contributed by atoms with Gasteiger partial charge in [-0.3, -0.25) is 4.79 Å². The zero-order valence-electron chi connectivity index (χ0n) is 9.62. The van der Waals surface area contributed by atoms with Gasteiger partial charge in [0.15, 0.2) is 0 Å². The summed E-state index contributed by atoms with van der Waals surface area (Å²) in [6, 6.07) is 0. The van der Waals surface area contributed by atoms with Crippen LogP contribution in [0.3, 0.4) is 0 Å². The average Bonchev–Trinajstić information content (AvgIpc) is 2.15. The monoisotopic (exact) mass is 213 g/mol. The van der Waals surface area contributed by atoms with E-state index < -0.39 is 6.09 Å². The minimum absolute atomic E-state index is 0.116. The van der Waals surface area contributed by atoms with Crippen molar-refractivity contribution < 1.29 is 14.7 Å². The van der Waals surface area contributed by atoms with Crippen molar-refractivity contribution in [3.63, 3.8) is 0 Å². The van der Waals surface area contributed by atoms with Crippen LogP contribution in [0.2, 0.25) is 0 Å². The van der Waals surface area contributed by atoms with E-state index in [1.807, 2.05) is 20.8 Å². The Bertz CT molecular complexity index is 267. The zero-order valence-corrected chi connectivity index (χ0v) is 9.62. The van der Waals surface area contributed by atoms with Crippen LogP contribution in [0, 0.1) is 11.3 Å². The number of carbonyl (C=O) groups is 2. The van der Waals surface area contributed by atoms with Crippen molar-refractivity contribution in [3.8, 4) is 0 Å². The molecule has 0 spiro atoms. The van der Waals surface area contributed by atoms with Gasteiger partial charge in [0.05, 0.1) is 0 Å². The summed E-state index contributed by atoms with van der Waals surface area (Å²) >= 11 is 0. The summed E-state index contributed by atoms with van der Waals surface area (Å²) in [5.74, 6) is 0.0586. The highest BCUT2D eigenvalue weighted by Crippen LogP contribution is 2.26. The van der Waals surface area contributed by atoms with Crippen LogP contribution >= 0.6 is 0 Å². The highest BCUT2D eigenvalue weighted by molar-refractivity contribution is 5.86. The lowest BCUT2D eigenvalue weighted by Gasteiger charge is -2.33. The molecule has 0 aromatic carbocycles. The molecule has 4 heteroatoms. The fourth-order valence-corrected chi connectivity index (χ4v) is 1.98. The molecular formula is C11H19NO3. The molecule has 1 N–H and O–H groups in total. The molecule has 4 nitrogen and oxygen atoms in total. The fourth-order valence-electron chi connectivity index (χ4n) is 1.98. The fraction of sp³-hybridized carbons (Fsp3) is 0.818. The van der Waals surface area contributed by atoms with Crippen LogP contribution in [0.1, 0.15) is 33.6 Å². The Morgan fingerprint density at radius 3 is 2.40 bits per heavy atom. The molecule has 1 aliphatic rings. The van der Waals surface area contributed by atoms with Crippen LogP contribution < -0.4 is 0 Å². The lowest BCUT2D eigenvalue weighted by Crippen LogP contribution is -2.44. The second kappa shape index (κ2) is 4.21. The van der Waals surface area contributed by atoms with Gasteiger partial charge < -0.3 is 10.0 Å². The van der Waals surface area contributed by atoms with Crippen LogP contribution in [0.25, 0.3) is 0 Å². The van der Waals surface area contributed by atoms with Gasteiger partial charge in [-0.05, 0) is 12.8 Å². The van der Waals surface area contributed by atoms with Gasteiger partial charge >= 0.3 is 6.09 Å². The van der Waals surface area contributed by atoms with Crippen molar-refractivity contribution in [1.82, 2.24) is 4.90 Å². The van der Waals surface area contributed by atoms with Crippen molar-refractivity contribution in [2.75, 3.05) is 13.1 Å². The number of piperidine rings is 1. The van der Waals surface area contributed by atoms with Crippen LogP contribution in [-0.4, -0.2) is 35.0 Å². The molecule has 0 radical (unpaired) electrons. The van der Waals surface area contributed by atoms with Crippen molar-refractivity contribution in [2.24, 2.45) is 11.3 Å². The van der Waals surface area contributed by atoms with Crippen molar-refractivity contribution in [3.05, 3.63) is 0 Å². The summed E-state index contributed by atoms with van der Waals surface area (Å²) in [5.41, 5.74) is -0.369. The number of nitrogens with zero attached hydrogens (tertiary/aromatic N) is 1. The average molecular weight is 213 g/mol. The second-order valence-electron chi connectivity index (χ2n) is 5.18. The summed E-state index contributed by atoms with van der Waals surface area (Å²) in [6.07, 6.45) is 0.694. The third-order valence-corrected chi connectivity index (χ3v) is 2.80. The minimum atomic E-state index is -0.915. The molecular weight excluding hydrogens is 194 g/mol. The van der Waals surface area contributed by atoms with Gasteiger partial charge in [0, 0.05) is 24.4 Å². The first-order valence-electron chi connectivity index (χ1n) is 5.34. The number of amides is 1. The second-order valence-corrected chi connectivity index (χ2v) is 5.18. The highest BCUT2D eigenvalue weighted by atomic mass is 16.4. The molecule has 1 fully saturated rings. The Kier molecular flexibility index (Phi) is 3.37. The number of carbonyl (C=O) groups excluding carboxylic acids is 1. The molecule has 0 aromatic heterocycles. The van der Waals surface area contributed by atoms with E-state index in [2.05, 4.69) is 0 Å². The number of hydrogen-bond donors (Lipinski definition) is 1. The largest absolute Gasteiger partial charge is 0.465 e. The van der Waals surface area contributed by atoms with E-state index in [-0.39, 0.29) is 17.1 Å². The Balaban J connectivity index is 2.64. The van der Waals surface area contributed by atoms with Gasteiger partial charge in [0.25, 0.3) is 0 Å². The van der Waals surface area contributed by atoms with E-state index in [4.69, 9.17) is 5.11 Å². The molecule has 0 bridgehead atoms. The van der Waals surface area contributed by atoms with Gasteiger partial charge in [-0.15, -0.1) is 0 Å². The molecule has 1 amide bonds. The smallest absolute Gasteiger partial charge is 0.407 e. The van der Waals surface area contributed by atoms with Crippen molar-refractivity contribution in [2.45, 2.75) is 33.6 Å². The number of Topliss-reactive ketones (excluding diaryl/α,β-unsaturated/α-hetero) is 1. The molecule has 15 heavy (non-hydrogen) atoms. The Morgan fingerprint density at radius 2 is 1.93 bits per heavy atom. The maximum atomic E-state index is 12.0. The molecule has 1 rings (SSSR count). The van der Waals surface area contributed by atoms with Crippen LogP contribution in [0.15, 0.2) is 0 Å². The lowest BCUT2D eigenvalue weighted by atomic mass is 9.80. The van der Waals surface area contributed by atoms with Crippen LogP contribution in [-0.2, 0) is 4.79 Å². The third kappa shape index (κ3) is 2.94. The number of hydrogen-bond acceptors (Lipinski definition) is 2. The predicted molar refractivity (Wildman–Crippen MR) is 56.8 cm³/mol. The standard InChI is InChI=1S/C11H19NO3/c1-11(2,3)9(13)8-5-4-6-12(7-8)10(14)15/h8H,4-7H2,1-3H3,(H,14,15). The van der Waals surface area contributed by atoms with E-state index in [0.29, 0.717) is 13.1 Å². The summed E-state index contributed by atoms with van der Waals surface area (Å²) in [5, 5.41) is 8.86. The first kappa shape index (κ1) is 12.0. The maximum absolute atomic E-state index is 12.0. The normalized spacial score (nSPS) is 22.6. The number of carboxylic acid groups (broad SMARTS) is 1. The van der Waals surface area contributed by atoms with Crippen LogP contribution in [0.5, 0.6) is 0 Å². The lowest BCUT2D eigenvalue weighted by molar-refractivity contribution is -0.131. The van der Waals surface area contributed by atoms with Crippen LogP contribution in [0.4, 0.5) is 4.79 Å². The SMILES string of the molecule is CC(C)(C)C(=O)C1CCCN(C(=O)O)C1. The third-order valence-electron chi connectivity index (χ3n) is 2.80. The van der Waals surface area contributed by atoms with Gasteiger partial charge in [-0.25, -0.2) is 4.79 Å². The molecule has 1 saturated heterocycles. The molecule has 1 aliphatic heterocycles. The quantitative estimate of drug-likeness (QED) is 0.724. The molecule has 1 heterocycles. The van der Waals surface area contributed by atoms with E-state index in [9.17, 15) is 9.59 Å². The summed E-state index contributed by atoms with van der Waals surface area (Å²) in [6.45, 7) is 6.58. The first-order chi connectivity index (χ1) is 6.82.